The molecule has 1 aromatic carbocycles. The highest BCUT2D eigenvalue weighted by atomic mass is 32.1. The second kappa shape index (κ2) is 7.75. The van der Waals surface area contributed by atoms with Gasteiger partial charge in [-0.05, 0) is 37.5 Å². The number of hydrogen-bond acceptors (Lipinski definition) is 2. The van der Waals surface area contributed by atoms with Crippen molar-refractivity contribution in [3.8, 4) is 0 Å². The van der Waals surface area contributed by atoms with Gasteiger partial charge in [0, 0.05) is 11.5 Å². The summed E-state index contributed by atoms with van der Waals surface area (Å²) < 4.78 is 5.76. The highest BCUT2D eigenvalue weighted by Crippen LogP contribution is 2.14. The minimum Gasteiger partial charge on any atom is -0.378 e. The van der Waals surface area contributed by atoms with Crippen LogP contribution in [0.1, 0.15) is 38.7 Å². The molecule has 1 rings (SSSR count). The molecule has 2 heteroatoms. The second-order valence-electron chi connectivity index (χ2n) is 4.09. The molecular weight excluding hydrogens is 216 g/mol. The zero-order valence-electron chi connectivity index (χ0n) is 10.3. The van der Waals surface area contributed by atoms with E-state index < -0.39 is 0 Å². The first-order chi connectivity index (χ1) is 7.76. The first kappa shape index (κ1) is 13.6. The van der Waals surface area contributed by atoms with Crippen LogP contribution in [-0.4, -0.2) is 12.7 Å². The van der Waals surface area contributed by atoms with Crippen LogP contribution in [0, 0.1) is 0 Å². The highest BCUT2D eigenvalue weighted by Gasteiger charge is 2.08. The maximum atomic E-state index is 5.76. The lowest BCUT2D eigenvalue weighted by atomic mass is 10.0. The first-order valence-electron chi connectivity index (χ1n) is 6.15. The van der Waals surface area contributed by atoms with E-state index in [1.54, 1.807) is 0 Å². The van der Waals surface area contributed by atoms with Crippen molar-refractivity contribution < 1.29 is 4.74 Å². The second-order valence-corrected chi connectivity index (χ2v) is 4.61. The molecule has 0 aliphatic carbocycles. The van der Waals surface area contributed by atoms with Crippen molar-refractivity contribution in [3.05, 3.63) is 29.8 Å². The fourth-order valence-corrected chi connectivity index (χ4v) is 1.96. The summed E-state index contributed by atoms with van der Waals surface area (Å²) in [5.41, 5.74) is 1.34. The molecule has 0 spiro atoms. The summed E-state index contributed by atoms with van der Waals surface area (Å²) in [4.78, 5) is 1.02. The topological polar surface area (TPSA) is 9.23 Å². The van der Waals surface area contributed by atoms with E-state index >= 15 is 0 Å². The summed E-state index contributed by atoms with van der Waals surface area (Å²) in [5, 5.41) is 0. The molecule has 0 saturated carbocycles. The monoisotopic (exact) mass is 238 g/mol. The smallest absolute Gasteiger partial charge is 0.0615 e. The van der Waals surface area contributed by atoms with E-state index in [1.165, 1.54) is 18.4 Å². The van der Waals surface area contributed by atoms with Crippen molar-refractivity contribution in [1.29, 1.82) is 0 Å². The van der Waals surface area contributed by atoms with E-state index in [0.29, 0.717) is 6.10 Å². The SMILES string of the molecule is CCCCC(Cc1ccc(S)cc1)OCC. The Morgan fingerprint density at radius 1 is 1.19 bits per heavy atom. The Morgan fingerprint density at radius 2 is 1.88 bits per heavy atom. The molecule has 0 radical (unpaired) electrons. The zero-order valence-corrected chi connectivity index (χ0v) is 11.2. The average molecular weight is 238 g/mol. The molecule has 0 amide bonds. The lowest BCUT2D eigenvalue weighted by Crippen LogP contribution is -2.16. The third-order valence-corrected chi connectivity index (χ3v) is 2.98. The summed E-state index contributed by atoms with van der Waals surface area (Å²) in [6.07, 6.45) is 5.03. The van der Waals surface area contributed by atoms with Gasteiger partial charge in [0.1, 0.15) is 0 Å². The predicted molar refractivity (Wildman–Crippen MR) is 72.3 cm³/mol. The molecule has 0 aromatic heterocycles. The molecule has 0 fully saturated rings. The van der Waals surface area contributed by atoms with Gasteiger partial charge in [0.2, 0.25) is 0 Å². The summed E-state index contributed by atoms with van der Waals surface area (Å²) in [5.74, 6) is 0. The molecule has 90 valence electrons. The maximum Gasteiger partial charge on any atom is 0.0615 e. The van der Waals surface area contributed by atoms with Gasteiger partial charge in [0.05, 0.1) is 6.10 Å². The van der Waals surface area contributed by atoms with Gasteiger partial charge in [-0.25, -0.2) is 0 Å². The molecule has 1 aromatic rings. The molecule has 1 atom stereocenters. The van der Waals surface area contributed by atoms with Crippen LogP contribution in [0.15, 0.2) is 29.2 Å². The lowest BCUT2D eigenvalue weighted by Gasteiger charge is -2.16. The third kappa shape index (κ3) is 5.04. The Bertz CT molecular complexity index is 281. The molecule has 0 aliphatic heterocycles. The Labute approximate surface area is 105 Å². The summed E-state index contributed by atoms with van der Waals surface area (Å²) in [6, 6.07) is 8.36. The van der Waals surface area contributed by atoms with Crippen molar-refractivity contribution in [3.63, 3.8) is 0 Å². The van der Waals surface area contributed by atoms with Crippen LogP contribution in [0.2, 0.25) is 0 Å². The van der Waals surface area contributed by atoms with E-state index in [9.17, 15) is 0 Å². The minimum atomic E-state index is 0.371. The largest absolute Gasteiger partial charge is 0.378 e. The van der Waals surface area contributed by atoms with E-state index in [4.69, 9.17) is 4.74 Å². The van der Waals surface area contributed by atoms with Crippen molar-refractivity contribution in [1.82, 2.24) is 0 Å². The van der Waals surface area contributed by atoms with Gasteiger partial charge in [-0.2, -0.15) is 0 Å². The fourth-order valence-electron chi connectivity index (χ4n) is 1.81. The molecule has 0 N–H and O–H groups in total. The first-order valence-corrected chi connectivity index (χ1v) is 6.60. The average Bonchev–Trinajstić information content (AvgIpc) is 2.29. The molecule has 0 aliphatic rings. The normalized spacial score (nSPS) is 12.7. The van der Waals surface area contributed by atoms with Crippen molar-refractivity contribution >= 4 is 12.6 Å². The minimum absolute atomic E-state index is 0.371. The molecule has 1 nitrogen and oxygen atoms in total. The molecule has 0 saturated heterocycles. The number of ether oxygens (including phenoxy) is 1. The number of rotatable bonds is 7. The van der Waals surface area contributed by atoms with E-state index in [-0.39, 0.29) is 0 Å². The number of thiol groups is 1. The Hall–Kier alpha value is -0.470. The molecule has 0 heterocycles. The highest BCUT2D eigenvalue weighted by molar-refractivity contribution is 7.80. The van der Waals surface area contributed by atoms with Crippen LogP contribution in [0.5, 0.6) is 0 Å². The number of hydrogen-bond donors (Lipinski definition) is 1. The van der Waals surface area contributed by atoms with E-state index in [2.05, 4.69) is 38.6 Å². The standard InChI is InChI=1S/C14H22OS/c1-3-5-6-13(15-4-2)11-12-7-9-14(16)10-8-12/h7-10,13,16H,3-6,11H2,1-2H3. The van der Waals surface area contributed by atoms with Gasteiger partial charge in [-0.1, -0.05) is 31.9 Å². The van der Waals surface area contributed by atoms with Crippen LogP contribution >= 0.6 is 12.6 Å². The molecule has 1 unspecified atom stereocenters. The van der Waals surface area contributed by atoms with Gasteiger partial charge in [0.15, 0.2) is 0 Å². The zero-order chi connectivity index (χ0) is 11.8. The van der Waals surface area contributed by atoms with Crippen molar-refractivity contribution in [2.75, 3.05) is 6.61 Å². The fraction of sp³-hybridized carbons (Fsp3) is 0.571. The Balaban J connectivity index is 2.49. The predicted octanol–water partition coefficient (Wildman–Crippen LogP) is 4.11. The van der Waals surface area contributed by atoms with Crippen LogP contribution < -0.4 is 0 Å². The summed E-state index contributed by atoms with van der Waals surface area (Å²) in [6.45, 7) is 5.09. The molecule has 0 bridgehead atoms. The maximum absolute atomic E-state index is 5.76. The van der Waals surface area contributed by atoms with Crippen molar-refractivity contribution in [2.45, 2.75) is 50.5 Å². The van der Waals surface area contributed by atoms with Crippen molar-refractivity contribution in [2.24, 2.45) is 0 Å². The van der Waals surface area contributed by atoms with Gasteiger partial charge in [0.25, 0.3) is 0 Å². The number of benzene rings is 1. The van der Waals surface area contributed by atoms with Gasteiger partial charge in [-0.15, -0.1) is 12.6 Å². The Kier molecular flexibility index (Phi) is 6.58. The molecular formula is C14H22OS. The molecule has 16 heavy (non-hydrogen) atoms. The number of unbranched alkanes of at least 4 members (excludes halogenated alkanes) is 1. The summed E-state index contributed by atoms with van der Waals surface area (Å²) in [7, 11) is 0. The van der Waals surface area contributed by atoms with E-state index in [1.807, 2.05) is 12.1 Å². The quantitative estimate of drug-likeness (QED) is 0.703. The third-order valence-electron chi connectivity index (χ3n) is 2.68. The van der Waals surface area contributed by atoms with Gasteiger partial charge >= 0.3 is 0 Å². The summed E-state index contributed by atoms with van der Waals surface area (Å²) >= 11 is 4.29. The van der Waals surface area contributed by atoms with E-state index in [0.717, 1.165) is 24.3 Å². The van der Waals surface area contributed by atoms with Crippen LogP contribution in [0.3, 0.4) is 0 Å². The van der Waals surface area contributed by atoms with Gasteiger partial charge < -0.3 is 4.74 Å². The van der Waals surface area contributed by atoms with Crippen LogP contribution in [0.4, 0.5) is 0 Å². The van der Waals surface area contributed by atoms with Crippen LogP contribution in [-0.2, 0) is 11.2 Å². The van der Waals surface area contributed by atoms with Gasteiger partial charge in [-0.3, -0.25) is 0 Å². The lowest BCUT2D eigenvalue weighted by molar-refractivity contribution is 0.0556. The Morgan fingerprint density at radius 3 is 2.44 bits per heavy atom. The van der Waals surface area contributed by atoms with Crippen LogP contribution in [0.25, 0.3) is 0 Å².